The van der Waals surface area contributed by atoms with E-state index in [0.717, 1.165) is 61.1 Å². The zero-order valence-electron chi connectivity index (χ0n) is 33.0. The van der Waals surface area contributed by atoms with Crippen LogP contribution in [0, 0.1) is 19.1 Å². The molecular formula is C48H40N8OPt. The number of pyridine rings is 2. The molecule has 9 rings (SSSR count). The van der Waals surface area contributed by atoms with Crippen LogP contribution in [-0.2, 0) is 26.5 Å². The smallest absolute Gasteiger partial charge is 0.509 e. The number of hydrogen-bond donors (Lipinski definition) is 0. The molecule has 5 aromatic heterocycles. The van der Waals surface area contributed by atoms with Crippen LogP contribution < -0.4 is 4.74 Å². The molecule has 9 nitrogen and oxygen atoms in total. The summed E-state index contributed by atoms with van der Waals surface area (Å²) in [4.78, 5) is 22.5. The third kappa shape index (κ3) is 7.22. The maximum Gasteiger partial charge on any atom is 2.00 e. The maximum atomic E-state index is 6.76. The number of hydrogen-bond acceptors (Lipinski definition) is 7. The Hall–Kier alpha value is -6.31. The van der Waals surface area contributed by atoms with Gasteiger partial charge < -0.3 is 9.30 Å². The Morgan fingerprint density at radius 3 is 2.21 bits per heavy atom. The Balaban J connectivity index is 0.00000469. The molecule has 0 atom stereocenters. The van der Waals surface area contributed by atoms with E-state index in [2.05, 4.69) is 151 Å². The molecule has 0 bridgehead atoms. The fraction of sp³-hybridized carbons (Fsp3) is 0.167. The van der Waals surface area contributed by atoms with Gasteiger partial charge in [-0.15, -0.1) is 41.3 Å². The van der Waals surface area contributed by atoms with Gasteiger partial charge in [0.15, 0.2) is 5.82 Å². The molecule has 0 aliphatic carbocycles. The fourth-order valence-electron chi connectivity index (χ4n) is 7.20. The summed E-state index contributed by atoms with van der Waals surface area (Å²) >= 11 is 0. The van der Waals surface area contributed by atoms with Gasteiger partial charge in [0.05, 0.1) is 0 Å². The molecule has 4 aromatic carbocycles. The first kappa shape index (κ1) is 38.6. The van der Waals surface area contributed by atoms with Crippen LogP contribution in [0.15, 0.2) is 128 Å². The van der Waals surface area contributed by atoms with E-state index in [0.29, 0.717) is 34.6 Å². The first-order chi connectivity index (χ1) is 27.6. The topological polar surface area (TPSA) is 96.4 Å². The fourth-order valence-corrected chi connectivity index (χ4v) is 7.20. The molecular weight excluding hydrogens is 900 g/mol. The molecule has 0 aliphatic heterocycles. The van der Waals surface area contributed by atoms with E-state index in [4.69, 9.17) is 14.8 Å². The molecule has 0 spiro atoms. The zero-order valence-corrected chi connectivity index (χ0v) is 35.3. The minimum absolute atomic E-state index is 0. The monoisotopic (exact) mass is 939 g/mol. The molecule has 0 saturated heterocycles. The van der Waals surface area contributed by atoms with Crippen molar-refractivity contribution in [2.45, 2.75) is 52.9 Å². The summed E-state index contributed by atoms with van der Waals surface area (Å²) < 4.78 is 10.8. The van der Waals surface area contributed by atoms with Crippen molar-refractivity contribution in [3.05, 3.63) is 157 Å². The van der Waals surface area contributed by atoms with Gasteiger partial charge in [-0.1, -0.05) is 88.2 Å². The molecule has 0 radical (unpaired) electrons. The second-order valence-electron chi connectivity index (χ2n) is 15.6. The normalized spacial score (nSPS) is 11.6. The Morgan fingerprint density at radius 2 is 1.47 bits per heavy atom. The molecule has 0 N–H and O–H groups in total. The predicted octanol–water partition coefficient (Wildman–Crippen LogP) is 11.1. The van der Waals surface area contributed by atoms with Crippen molar-refractivity contribution < 1.29 is 25.8 Å². The van der Waals surface area contributed by atoms with Crippen molar-refractivity contribution in [1.29, 1.82) is 0 Å². The average molecular weight is 940 g/mol. The van der Waals surface area contributed by atoms with Gasteiger partial charge in [-0.2, -0.15) is 11.2 Å². The van der Waals surface area contributed by atoms with E-state index in [9.17, 15) is 0 Å². The van der Waals surface area contributed by atoms with Gasteiger partial charge in [0.25, 0.3) is 0 Å². The van der Waals surface area contributed by atoms with Crippen LogP contribution in [0.1, 0.15) is 57.2 Å². The third-order valence-corrected chi connectivity index (χ3v) is 10.3. The van der Waals surface area contributed by atoms with E-state index in [1.165, 1.54) is 18.2 Å². The van der Waals surface area contributed by atoms with Crippen molar-refractivity contribution in [2.24, 2.45) is 0 Å². The summed E-state index contributed by atoms with van der Waals surface area (Å²) in [6.07, 6.45) is 8.45. The van der Waals surface area contributed by atoms with Crippen LogP contribution in [0.3, 0.4) is 0 Å². The summed E-state index contributed by atoms with van der Waals surface area (Å²) in [7, 11) is 0. The summed E-state index contributed by atoms with van der Waals surface area (Å²) in [5.41, 5.74) is 9.99. The van der Waals surface area contributed by atoms with Crippen molar-refractivity contribution in [3.63, 3.8) is 0 Å². The Labute approximate surface area is 352 Å². The van der Waals surface area contributed by atoms with Crippen LogP contribution in [0.5, 0.6) is 11.5 Å². The molecule has 5 heterocycles. The number of aryl methyl sites for hydroxylation is 1. The predicted molar refractivity (Wildman–Crippen MR) is 225 cm³/mol. The molecule has 0 amide bonds. The first-order valence-electron chi connectivity index (χ1n) is 19.0. The van der Waals surface area contributed by atoms with Gasteiger partial charge in [-0.05, 0) is 70.8 Å². The van der Waals surface area contributed by atoms with Gasteiger partial charge in [0.1, 0.15) is 29.9 Å². The molecule has 0 unspecified atom stereocenters. The first-order valence-corrected chi connectivity index (χ1v) is 19.0. The van der Waals surface area contributed by atoms with Gasteiger partial charge in [-0.3, -0.25) is 9.67 Å². The van der Waals surface area contributed by atoms with Crippen LogP contribution in [-0.4, -0.2) is 39.3 Å². The van der Waals surface area contributed by atoms with E-state index in [1.54, 1.807) is 12.4 Å². The van der Waals surface area contributed by atoms with Crippen LogP contribution in [0.2, 0.25) is 0 Å². The van der Waals surface area contributed by atoms with Gasteiger partial charge >= 0.3 is 21.1 Å². The van der Waals surface area contributed by atoms with Gasteiger partial charge in [0.2, 0.25) is 0 Å². The number of aromatic nitrogens is 8. The Morgan fingerprint density at radius 1 is 0.707 bits per heavy atom. The summed E-state index contributed by atoms with van der Waals surface area (Å²) in [6.45, 7) is 13.0. The summed E-state index contributed by atoms with van der Waals surface area (Å²) in [5.74, 6) is 2.75. The summed E-state index contributed by atoms with van der Waals surface area (Å²) in [6, 6.07) is 40.4. The van der Waals surface area contributed by atoms with Gasteiger partial charge in [0, 0.05) is 46.7 Å². The van der Waals surface area contributed by atoms with Crippen molar-refractivity contribution in [2.75, 3.05) is 0 Å². The van der Waals surface area contributed by atoms with Crippen LogP contribution in [0.4, 0.5) is 0 Å². The molecule has 9 aromatic rings. The standard InChI is InChI=1S/C48H40N8O.Pt/c1-30(2)34-19-22-51-43(23-34)55-41-10-8-7-9-39(41)40-16-15-37(27-42(40)55)57-38-25-35(48(4,5)6)24-36(26-38)56-46(47-52-28-50-29-53-47)44(32-13-11-31(3)12-14-32)45(54-56)33-17-20-49-21-18-33;/h7-25,28-30H,1-6H3;/q-2;+2. The molecule has 288 valence electrons. The van der Waals surface area contributed by atoms with Crippen LogP contribution >= 0.6 is 0 Å². The second-order valence-corrected chi connectivity index (χ2v) is 15.6. The Bertz CT molecular complexity index is 2900. The second kappa shape index (κ2) is 15.6. The molecule has 0 fully saturated rings. The number of para-hydroxylation sites is 1. The van der Waals surface area contributed by atoms with Crippen molar-refractivity contribution >= 4 is 21.8 Å². The third-order valence-electron chi connectivity index (χ3n) is 10.3. The molecule has 58 heavy (non-hydrogen) atoms. The molecule has 10 heteroatoms. The quantitative estimate of drug-likeness (QED) is 0.140. The van der Waals surface area contributed by atoms with E-state index in [-0.39, 0.29) is 26.5 Å². The van der Waals surface area contributed by atoms with E-state index in [1.807, 2.05) is 35.1 Å². The number of fused-ring (bicyclic) bond motifs is 3. The zero-order chi connectivity index (χ0) is 39.3. The number of rotatable bonds is 8. The van der Waals surface area contributed by atoms with E-state index >= 15 is 0 Å². The van der Waals surface area contributed by atoms with E-state index < -0.39 is 0 Å². The average Bonchev–Trinajstić information content (AvgIpc) is 3.78. The maximum absolute atomic E-state index is 6.76. The number of ether oxygens (including phenoxy) is 1. The number of nitrogens with zero attached hydrogens (tertiary/aromatic N) is 8. The largest absolute Gasteiger partial charge is 2.00 e. The molecule has 0 aliphatic rings. The minimum atomic E-state index is -0.247. The summed E-state index contributed by atoms with van der Waals surface area (Å²) in [5, 5.41) is 7.49. The SMILES string of the molecule is Cc1ccc(-c2c(-c3ccncc3)nn(-c3[c-]c(Oc4[c-]c5c(cc4)c4ccccc4n5-c4cc(C(C)C)ccn4)cc(C(C)(C)C)c3)c2-c2ncncn2)cc1.[Pt+2]. The van der Waals surface area contributed by atoms with Crippen molar-refractivity contribution in [3.8, 4) is 56.9 Å². The van der Waals surface area contributed by atoms with Gasteiger partial charge in [-0.25, -0.2) is 19.9 Å². The number of benzene rings is 4. The Kier molecular flexibility index (Phi) is 10.3. The molecule has 0 saturated carbocycles. The van der Waals surface area contributed by atoms with Crippen molar-refractivity contribution in [1.82, 2.24) is 39.3 Å². The van der Waals surface area contributed by atoms with Crippen LogP contribution in [0.25, 0.3) is 67.2 Å². The minimum Gasteiger partial charge on any atom is -0.509 e.